The molecule has 0 aliphatic carbocycles. The molecule has 1 amide bonds. The number of unbranched alkanes of at least 4 members (excludes halogenated alkanes) is 1. The summed E-state index contributed by atoms with van der Waals surface area (Å²) in [7, 11) is 0. The minimum absolute atomic E-state index is 0.140. The Morgan fingerprint density at radius 1 is 1.40 bits per heavy atom. The number of carboxylic acid groups (broad SMARTS) is 1. The highest BCUT2D eigenvalue weighted by Crippen LogP contribution is 2.20. The van der Waals surface area contributed by atoms with Crippen LogP contribution in [0.1, 0.15) is 19.8 Å². The average Bonchev–Trinajstić information content (AvgIpc) is 2.66. The van der Waals surface area contributed by atoms with Crippen LogP contribution >= 0.6 is 0 Å². The molecule has 0 aromatic heterocycles. The van der Waals surface area contributed by atoms with Crippen molar-refractivity contribution in [3.05, 3.63) is 0 Å². The average molecular weight is 215 g/mol. The Kier molecular flexibility index (Phi) is 4.55. The van der Waals surface area contributed by atoms with Gasteiger partial charge in [0.25, 0.3) is 0 Å². The molecule has 86 valence electrons. The number of hydrogen-bond donors (Lipinski definition) is 2. The van der Waals surface area contributed by atoms with E-state index in [1.807, 2.05) is 6.92 Å². The van der Waals surface area contributed by atoms with Crippen LogP contribution in [-0.4, -0.2) is 36.7 Å². The number of nitrogens with one attached hydrogen (secondary N) is 1. The lowest BCUT2D eigenvalue weighted by molar-refractivity contribution is -0.145. The summed E-state index contributed by atoms with van der Waals surface area (Å²) in [6.07, 6.45) is 1.92. The second-order valence-corrected chi connectivity index (χ2v) is 3.73. The summed E-state index contributed by atoms with van der Waals surface area (Å²) >= 11 is 0. The quantitative estimate of drug-likeness (QED) is 0.644. The van der Waals surface area contributed by atoms with Crippen molar-refractivity contribution >= 4 is 11.9 Å². The standard InChI is InChI=1S/C10H17NO4/c1-2-3-4-11-9(12)7-5-15-6-8(7)10(13)14/h7-8H,2-6H2,1H3,(H,11,12)(H,13,14)/t7-,8+/m1/s1. The van der Waals surface area contributed by atoms with Crippen LogP contribution in [-0.2, 0) is 14.3 Å². The van der Waals surface area contributed by atoms with Crippen molar-refractivity contribution in [3.63, 3.8) is 0 Å². The molecule has 0 spiro atoms. The Bertz CT molecular complexity index is 242. The zero-order valence-electron chi connectivity index (χ0n) is 8.86. The van der Waals surface area contributed by atoms with Gasteiger partial charge in [0, 0.05) is 6.54 Å². The van der Waals surface area contributed by atoms with Crippen LogP contribution in [0.5, 0.6) is 0 Å². The molecule has 0 unspecified atom stereocenters. The number of amides is 1. The van der Waals surface area contributed by atoms with Crippen molar-refractivity contribution in [2.75, 3.05) is 19.8 Å². The van der Waals surface area contributed by atoms with Crippen LogP contribution < -0.4 is 5.32 Å². The summed E-state index contributed by atoms with van der Waals surface area (Å²) in [6, 6.07) is 0. The maximum absolute atomic E-state index is 11.6. The zero-order chi connectivity index (χ0) is 11.3. The topological polar surface area (TPSA) is 75.6 Å². The number of aliphatic carboxylic acids is 1. The van der Waals surface area contributed by atoms with Gasteiger partial charge in [-0.05, 0) is 6.42 Å². The van der Waals surface area contributed by atoms with E-state index < -0.39 is 17.8 Å². The molecule has 1 aliphatic heterocycles. The van der Waals surface area contributed by atoms with E-state index in [0.717, 1.165) is 12.8 Å². The SMILES string of the molecule is CCCCNC(=O)[C@@H]1COC[C@@H]1C(=O)O. The predicted octanol–water partition coefficient (Wildman–Crippen LogP) is 0.250. The van der Waals surface area contributed by atoms with Crippen LogP contribution in [0.25, 0.3) is 0 Å². The minimum Gasteiger partial charge on any atom is -0.481 e. The van der Waals surface area contributed by atoms with Gasteiger partial charge in [-0.15, -0.1) is 0 Å². The molecular weight excluding hydrogens is 198 g/mol. The molecule has 5 nitrogen and oxygen atoms in total. The van der Waals surface area contributed by atoms with Gasteiger partial charge in [-0.25, -0.2) is 0 Å². The number of hydrogen-bond acceptors (Lipinski definition) is 3. The Morgan fingerprint density at radius 3 is 2.67 bits per heavy atom. The lowest BCUT2D eigenvalue weighted by atomic mass is 9.95. The Morgan fingerprint density at radius 2 is 2.07 bits per heavy atom. The van der Waals surface area contributed by atoms with Crippen molar-refractivity contribution in [3.8, 4) is 0 Å². The summed E-state index contributed by atoms with van der Waals surface area (Å²) in [5, 5.41) is 11.6. The van der Waals surface area contributed by atoms with Gasteiger partial charge in [0.2, 0.25) is 5.91 Å². The molecule has 0 aromatic rings. The number of carbonyl (C=O) groups is 2. The summed E-state index contributed by atoms with van der Waals surface area (Å²) in [5.74, 6) is -2.37. The first kappa shape index (κ1) is 12.0. The molecule has 0 aromatic carbocycles. The normalized spacial score (nSPS) is 25.1. The molecule has 1 rings (SSSR count). The molecule has 0 saturated carbocycles. The fourth-order valence-electron chi connectivity index (χ4n) is 1.58. The summed E-state index contributed by atoms with van der Waals surface area (Å²) < 4.78 is 5.02. The summed E-state index contributed by atoms with van der Waals surface area (Å²) in [4.78, 5) is 22.4. The van der Waals surface area contributed by atoms with E-state index >= 15 is 0 Å². The van der Waals surface area contributed by atoms with E-state index in [1.54, 1.807) is 0 Å². The lowest BCUT2D eigenvalue weighted by Crippen LogP contribution is -2.37. The number of rotatable bonds is 5. The molecule has 1 aliphatic rings. The van der Waals surface area contributed by atoms with Crippen molar-refractivity contribution in [1.82, 2.24) is 5.32 Å². The molecule has 0 bridgehead atoms. The Labute approximate surface area is 88.8 Å². The predicted molar refractivity (Wildman–Crippen MR) is 53.4 cm³/mol. The van der Waals surface area contributed by atoms with Crippen molar-refractivity contribution in [2.45, 2.75) is 19.8 Å². The maximum atomic E-state index is 11.6. The molecular formula is C10H17NO4. The van der Waals surface area contributed by atoms with E-state index in [2.05, 4.69) is 5.32 Å². The Hall–Kier alpha value is -1.10. The smallest absolute Gasteiger partial charge is 0.309 e. The largest absolute Gasteiger partial charge is 0.481 e. The number of carbonyl (C=O) groups excluding carboxylic acids is 1. The molecule has 0 radical (unpaired) electrons. The van der Waals surface area contributed by atoms with E-state index in [9.17, 15) is 9.59 Å². The zero-order valence-corrected chi connectivity index (χ0v) is 8.86. The van der Waals surface area contributed by atoms with Crippen LogP contribution in [0.4, 0.5) is 0 Å². The molecule has 1 saturated heterocycles. The monoisotopic (exact) mass is 215 g/mol. The second-order valence-electron chi connectivity index (χ2n) is 3.73. The van der Waals surface area contributed by atoms with E-state index in [1.165, 1.54) is 0 Å². The van der Waals surface area contributed by atoms with Gasteiger partial charge in [0.15, 0.2) is 0 Å². The number of ether oxygens (including phenoxy) is 1. The second kappa shape index (κ2) is 5.70. The third-order valence-corrected chi connectivity index (χ3v) is 2.56. The summed E-state index contributed by atoms with van der Waals surface area (Å²) in [6.45, 7) is 3.00. The third-order valence-electron chi connectivity index (χ3n) is 2.56. The molecule has 2 N–H and O–H groups in total. The van der Waals surface area contributed by atoms with Gasteiger partial charge in [-0.3, -0.25) is 9.59 Å². The molecule has 15 heavy (non-hydrogen) atoms. The molecule has 5 heteroatoms. The van der Waals surface area contributed by atoms with Gasteiger partial charge in [0.05, 0.1) is 25.0 Å². The van der Waals surface area contributed by atoms with Crippen molar-refractivity contribution in [1.29, 1.82) is 0 Å². The van der Waals surface area contributed by atoms with Crippen molar-refractivity contribution < 1.29 is 19.4 Å². The van der Waals surface area contributed by atoms with Crippen LogP contribution in [0.2, 0.25) is 0 Å². The third kappa shape index (κ3) is 3.20. The fraction of sp³-hybridized carbons (Fsp3) is 0.800. The molecule has 2 atom stereocenters. The maximum Gasteiger partial charge on any atom is 0.309 e. The van der Waals surface area contributed by atoms with Crippen molar-refractivity contribution in [2.24, 2.45) is 11.8 Å². The first-order chi connectivity index (χ1) is 7.16. The first-order valence-electron chi connectivity index (χ1n) is 5.25. The highest BCUT2D eigenvalue weighted by atomic mass is 16.5. The van der Waals surface area contributed by atoms with E-state index in [4.69, 9.17) is 9.84 Å². The summed E-state index contributed by atoms with van der Waals surface area (Å²) in [5.41, 5.74) is 0. The number of carboxylic acids is 1. The van der Waals surface area contributed by atoms with Gasteiger partial charge in [-0.1, -0.05) is 13.3 Å². The van der Waals surface area contributed by atoms with Gasteiger partial charge >= 0.3 is 5.97 Å². The van der Waals surface area contributed by atoms with Gasteiger partial charge < -0.3 is 15.2 Å². The molecule has 1 heterocycles. The lowest BCUT2D eigenvalue weighted by Gasteiger charge is -2.13. The van der Waals surface area contributed by atoms with E-state index in [-0.39, 0.29) is 19.1 Å². The van der Waals surface area contributed by atoms with Crippen LogP contribution in [0, 0.1) is 11.8 Å². The minimum atomic E-state index is -0.955. The fourth-order valence-corrected chi connectivity index (χ4v) is 1.58. The highest BCUT2D eigenvalue weighted by molar-refractivity contribution is 5.85. The Balaban J connectivity index is 2.40. The highest BCUT2D eigenvalue weighted by Gasteiger charge is 2.38. The van der Waals surface area contributed by atoms with Crippen LogP contribution in [0.3, 0.4) is 0 Å². The molecule has 1 fully saturated rings. The van der Waals surface area contributed by atoms with Gasteiger partial charge in [0.1, 0.15) is 0 Å². The first-order valence-corrected chi connectivity index (χ1v) is 5.25. The van der Waals surface area contributed by atoms with Crippen LogP contribution in [0.15, 0.2) is 0 Å². The van der Waals surface area contributed by atoms with E-state index in [0.29, 0.717) is 6.54 Å². The van der Waals surface area contributed by atoms with Gasteiger partial charge in [-0.2, -0.15) is 0 Å².